The third-order valence-corrected chi connectivity index (χ3v) is 5.55. The van der Waals surface area contributed by atoms with Crippen molar-refractivity contribution in [1.29, 1.82) is 0 Å². The average Bonchev–Trinajstić information content (AvgIpc) is 2.79. The van der Waals surface area contributed by atoms with Gasteiger partial charge in [-0.2, -0.15) is 0 Å². The van der Waals surface area contributed by atoms with Crippen molar-refractivity contribution < 1.29 is 23.9 Å². The lowest BCUT2D eigenvalue weighted by Crippen LogP contribution is -2.46. The van der Waals surface area contributed by atoms with E-state index in [1.54, 1.807) is 82.3 Å². The monoisotopic (exact) mass is 422 g/mol. The number of benzene rings is 2. The Bertz CT molecular complexity index is 956. The highest BCUT2D eigenvalue weighted by Gasteiger charge is 2.44. The minimum absolute atomic E-state index is 0.285. The normalized spacial score (nSPS) is 13.5. The zero-order chi connectivity index (χ0) is 23.2. The largest absolute Gasteiger partial charge is 0.374 e. The number of carbonyl (C=O) groups excluding carboxylic acids is 3. The number of methoxy groups -OCH3 is 2. The molecule has 0 bridgehead atoms. The van der Waals surface area contributed by atoms with Crippen LogP contribution in [0.1, 0.15) is 48.4 Å². The number of allylic oxidation sites excluding steroid dienone is 1. The quantitative estimate of drug-likeness (QED) is 0.315. The van der Waals surface area contributed by atoms with E-state index in [0.717, 1.165) is 0 Å². The molecule has 31 heavy (non-hydrogen) atoms. The number of carbonyl (C=O) groups is 3. The van der Waals surface area contributed by atoms with Gasteiger partial charge in [0.2, 0.25) is 0 Å². The zero-order valence-corrected chi connectivity index (χ0v) is 19.0. The van der Waals surface area contributed by atoms with Crippen LogP contribution >= 0.6 is 0 Å². The summed E-state index contributed by atoms with van der Waals surface area (Å²) in [5.74, 6) is -2.41. The molecule has 0 spiro atoms. The lowest BCUT2D eigenvalue weighted by Gasteiger charge is -2.34. The highest BCUT2D eigenvalue weighted by atomic mass is 16.5. The van der Waals surface area contributed by atoms with Gasteiger partial charge in [0, 0.05) is 25.3 Å². The standard InChI is InChI=1S/C26H30O5/c1-25(2,30-5)20(17-21(27)18-13-9-7-10-14-18)22(24(29)26(3,4)31-6)23(28)19-15-11-8-12-16-19/h7-17,22H,1-6H3/b20-17-/t22-/m1/s1. The molecule has 0 aliphatic carbocycles. The molecule has 0 aliphatic rings. The van der Waals surface area contributed by atoms with Crippen molar-refractivity contribution in [2.24, 2.45) is 5.92 Å². The molecule has 0 amide bonds. The maximum atomic E-state index is 13.6. The van der Waals surface area contributed by atoms with E-state index < -0.39 is 28.7 Å². The number of rotatable bonds is 10. The molecule has 1 atom stereocenters. The maximum Gasteiger partial charge on any atom is 0.185 e. The average molecular weight is 423 g/mol. The number of ketones is 3. The van der Waals surface area contributed by atoms with Crippen molar-refractivity contribution in [2.75, 3.05) is 14.2 Å². The van der Waals surface area contributed by atoms with Crippen molar-refractivity contribution in [1.82, 2.24) is 0 Å². The minimum atomic E-state index is -1.25. The van der Waals surface area contributed by atoms with E-state index in [4.69, 9.17) is 9.47 Å². The highest BCUT2D eigenvalue weighted by molar-refractivity contribution is 6.16. The molecule has 5 heteroatoms. The van der Waals surface area contributed by atoms with Crippen LogP contribution in [0.25, 0.3) is 0 Å². The van der Waals surface area contributed by atoms with Crippen LogP contribution in [0, 0.1) is 5.92 Å². The van der Waals surface area contributed by atoms with E-state index in [1.807, 2.05) is 6.07 Å². The lowest BCUT2D eigenvalue weighted by molar-refractivity contribution is -0.139. The fourth-order valence-corrected chi connectivity index (χ4v) is 3.17. The molecule has 0 unspecified atom stereocenters. The molecule has 0 N–H and O–H groups in total. The van der Waals surface area contributed by atoms with E-state index in [-0.39, 0.29) is 11.4 Å². The van der Waals surface area contributed by atoms with E-state index in [2.05, 4.69) is 0 Å². The minimum Gasteiger partial charge on any atom is -0.374 e. The molecule has 2 aromatic rings. The molecule has 164 valence electrons. The molecule has 2 aromatic carbocycles. The Labute approximate surface area is 184 Å². The summed E-state index contributed by atoms with van der Waals surface area (Å²) in [7, 11) is 2.90. The summed E-state index contributed by atoms with van der Waals surface area (Å²) in [6.07, 6.45) is 1.36. The van der Waals surface area contributed by atoms with E-state index in [9.17, 15) is 14.4 Å². The van der Waals surface area contributed by atoms with Crippen molar-refractivity contribution in [2.45, 2.75) is 38.9 Å². The SMILES string of the molecule is COC(C)(C)C(=O)[C@@H](C(=O)c1ccccc1)/C(=C/C(=O)c1ccccc1)C(C)(C)OC. The Kier molecular flexibility index (Phi) is 7.82. The van der Waals surface area contributed by atoms with E-state index in [1.165, 1.54) is 20.3 Å². The fraction of sp³-hybridized carbons (Fsp3) is 0.346. The summed E-state index contributed by atoms with van der Waals surface area (Å²) in [6.45, 7) is 6.68. The summed E-state index contributed by atoms with van der Waals surface area (Å²) in [5, 5.41) is 0. The van der Waals surface area contributed by atoms with E-state index >= 15 is 0 Å². The summed E-state index contributed by atoms with van der Waals surface area (Å²) in [6, 6.07) is 17.3. The molecule has 0 fully saturated rings. The summed E-state index contributed by atoms with van der Waals surface area (Å²) < 4.78 is 11.0. The molecule has 0 heterocycles. The fourth-order valence-electron chi connectivity index (χ4n) is 3.17. The molecule has 0 saturated carbocycles. The van der Waals surface area contributed by atoms with Crippen LogP contribution in [0.5, 0.6) is 0 Å². The smallest absolute Gasteiger partial charge is 0.185 e. The third kappa shape index (κ3) is 5.63. The van der Waals surface area contributed by atoms with Crippen molar-refractivity contribution in [3.63, 3.8) is 0 Å². The predicted octanol–water partition coefficient (Wildman–Crippen LogP) is 4.71. The van der Waals surface area contributed by atoms with Crippen LogP contribution in [0.2, 0.25) is 0 Å². The number of hydrogen-bond donors (Lipinski definition) is 0. The first-order chi connectivity index (χ1) is 14.5. The first kappa shape index (κ1) is 24.4. The molecule has 0 radical (unpaired) electrons. The Morgan fingerprint density at radius 2 is 1.19 bits per heavy atom. The Hall–Kier alpha value is -2.89. The Balaban J connectivity index is 2.71. The van der Waals surface area contributed by atoms with Gasteiger partial charge in [-0.25, -0.2) is 0 Å². The molecule has 0 aromatic heterocycles. The molecular formula is C26H30O5. The van der Waals surface area contributed by atoms with Crippen molar-refractivity contribution >= 4 is 17.3 Å². The van der Waals surface area contributed by atoms with Crippen LogP contribution in [0.3, 0.4) is 0 Å². The van der Waals surface area contributed by atoms with Crippen LogP contribution < -0.4 is 0 Å². The first-order valence-corrected chi connectivity index (χ1v) is 10.1. The molecule has 2 rings (SSSR count). The van der Waals surface area contributed by atoms with Gasteiger partial charge < -0.3 is 9.47 Å². The summed E-state index contributed by atoms with van der Waals surface area (Å²) in [4.78, 5) is 40.2. The second kappa shape index (κ2) is 9.94. The second-order valence-corrected chi connectivity index (χ2v) is 8.29. The number of Topliss-reactive ketones (excluding diaryl/α,β-unsaturated/α-hetero) is 2. The third-order valence-electron chi connectivity index (χ3n) is 5.55. The van der Waals surface area contributed by atoms with Crippen molar-refractivity contribution in [3.05, 3.63) is 83.4 Å². The van der Waals surface area contributed by atoms with Gasteiger partial charge in [0.05, 0.1) is 5.60 Å². The Morgan fingerprint density at radius 1 is 0.742 bits per heavy atom. The van der Waals surface area contributed by atoms with Crippen molar-refractivity contribution in [3.8, 4) is 0 Å². The van der Waals surface area contributed by atoms with Crippen LogP contribution in [-0.2, 0) is 14.3 Å². The highest BCUT2D eigenvalue weighted by Crippen LogP contribution is 2.34. The van der Waals surface area contributed by atoms with Gasteiger partial charge in [0.25, 0.3) is 0 Å². The van der Waals surface area contributed by atoms with Gasteiger partial charge in [-0.1, -0.05) is 60.7 Å². The Morgan fingerprint density at radius 3 is 1.65 bits per heavy atom. The maximum absolute atomic E-state index is 13.6. The topological polar surface area (TPSA) is 69.7 Å². The molecule has 0 aliphatic heterocycles. The van der Waals surface area contributed by atoms with Gasteiger partial charge >= 0.3 is 0 Å². The number of hydrogen-bond acceptors (Lipinski definition) is 5. The lowest BCUT2D eigenvalue weighted by atomic mass is 9.75. The van der Waals surface area contributed by atoms with Gasteiger partial charge in [-0.15, -0.1) is 0 Å². The van der Waals surface area contributed by atoms with Gasteiger partial charge in [0.1, 0.15) is 11.5 Å². The van der Waals surface area contributed by atoms with E-state index in [0.29, 0.717) is 11.1 Å². The number of ether oxygens (including phenoxy) is 2. The summed E-state index contributed by atoms with van der Waals surface area (Å²) >= 11 is 0. The molecule has 0 saturated heterocycles. The van der Waals surface area contributed by atoms with Gasteiger partial charge in [-0.3, -0.25) is 14.4 Å². The van der Waals surface area contributed by atoms with Crippen LogP contribution in [0.4, 0.5) is 0 Å². The molecule has 5 nitrogen and oxygen atoms in total. The van der Waals surface area contributed by atoms with Gasteiger partial charge in [-0.05, 0) is 39.3 Å². The first-order valence-electron chi connectivity index (χ1n) is 10.1. The second-order valence-electron chi connectivity index (χ2n) is 8.29. The van der Waals surface area contributed by atoms with Gasteiger partial charge in [0.15, 0.2) is 17.3 Å². The molecular weight excluding hydrogens is 392 g/mol. The van der Waals surface area contributed by atoms with Crippen LogP contribution in [-0.4, -0.2) is 42.8 Å². The predicted molar refractivity (Wildman–Crippen MR) is 120 cm³/mol. The summed E-state index contributed by atoms with van der Waals surface area (Å²) in [5.41, 5.74) is -1.19. The van der Waals surface area contributed by atoms with Crippen LogP contribution in [0.15, 0.2) is 72.3 Å². The zero-order valence-electron chi connectivity index (χ0n) is 19.0.